The standard InChI is InChI=1S/C20H23BrO2/c1-5-19(14-7-9-17(22-3)10-8-14)20(6-2)15-11-16(21)13-18(12-15)23-4/h5,7-13,20H,6H2,1-4H3/b19-5+. The Labute approximate surface area is 147 Å². The average molecular weight is 375 g/mol. The van der Waals surface area contributed by atoms with Gasteiger partial charge in [-0.1, -0.05) is 41.1 Å². The van der Waals surface area contributed by atoms with Crippen molar-refractivity contribution in [2.45, 2.75) is 26.2 Å². The maximum atomic E-state index is 5.41. The molecule has 23 heavy (non-hydrogen) atoms. The topological polar surface area (TPSA) is 18.5 Å². The van der Waals surface area contributed by atoms with E-state index in [2.05, 4.69) is 60.1 Å². The average Bonchev–Trinajstić information content (AvgIpc) is 2.59. The van der Waals surface area contributed by atoms with Crippen LogP contribution in [0.15, 0.2) is 53.0 Å². The van der Waals surface area contributed by atoms with Crippen LogP contribution in [-0.2, 0) is 0 Å². The molecular weight excluding hydrogens is 352 g/mol. The molecule has 0 aromatic heterocycles. The summed E-state index contributed by atoms with van der Waals surface area (Å²) in [5.74, 6) is 2.07. The molecule has 2 aromatic carbocycles. The largest absolute Gasteiger partial charge is 0.497 e. The fourth-order valence-corrected chi connectivity index (χ4v) is 3.38. The second-order valence-electron chi connectivity index (χ2n) is 5.36. The fourth-order valence-electron chi connectivity index (χ4n) is 2.89. The summed E-state index contributed by atoms with van der Waals surface area (Å²) in [6.45, 7) is 4.31. The van der Waals surface area contributed by atoms with Crippen molar-refractivity contribution in [1.29, 1.82) is 0 Å². The first-order valence-electron chi connectivity index (χ1n) is 7.78. The lowest BCUT2D eigenvalue weighted by Gasteiger charge is -2.21. The van der Waals surface area contributed by atoms with Gasteiger partial charge in [0.15, 0.2) is 0 Å². The number of benzene rings is 2. The maximum Gasteiger partial charge on any atom is 0.120 e. The van der Waals surface area contributed by atoms with Gasteiger partial charge in [-0.05, 0) is 60.4 Å². The first-order valence-corrected chi connectivity index (χ1v) is 8.57. The third-order valence-electron chi connectivity index (χ3n) is 4.05. The van der Waals surface area contributed by atoms with Gasteiger partial charge in [0.05, 0.1) is 14.2 Å². The van der Waals surface area contributed by atoms with E-state index in [-0.39, 0.29) is 0 Å². The molecule has 0 aliphatic rings. The number of hydrogen-bond acceptors (Lipinski definition) is 2. The van der Waals surface area contributed by atoms with Crippen LogP contribution in [0.3, 0.4) is 0 Å². The summed E-state index contributed by atoms with van der Waals surface area (Å²) in [7, 11) is 3.39. The van der Waals surface area contributed by atoms with E-state index in [0.717, 1.165) is 22.4 Å². The smallest absolute Gasteiger partial charge is 0.120 e. The normalized spacial score (nSPS) is 12.8. The molecular formula is C20H23BrO2. The van der Waals surface area contributed by atoms with Crippen molar-refractivity contribution in [2.24, 2.45) is 0 Å². The summed E-state index contributed by atoms with van der Waals surface area (Å²) < 4.78 is 11.7. The van der Waals surface area contributed by atoms with E-state index in [0.29, 0.717) is 5.92 Å². The second-order valence-corrected chi connectivity index (χ2v) is 6.27. The summed E-state index contributed by atoms with van der Waals surface area (Å²) in [4.78, 5) is 0. The fraction of sp³-hybridized carbons (Fsp3) is 0.300. The van der Waals surface area contributed by atoms with Crippen molar-refractivity contribution in [1.82, 2.24) is 0 Å². The lowest BCUT2D eigenvalue weighted by atomic mass is 9.84. The number of hydrogen-bond donors (Lipinski definition) is 0. The number of ether oxygens (including phenoxy) is 2. The molecule has 0 amide bonds. The van der Waals surface area contributed by atoms with Gasteiger partial charge in [-0.2, -0.15) is 0 Å². The molecule has 1 unspecified atom stereocenters. The van der Waals surface area contributed by atoms with Crippen LogP contribution in [0.2, 0.25) is 0 Å². The molecule has 0 radical (unpaired) electrons. The summed E-state index contributed by atoms with van der Waals surface area (Å²) in [6, 6.07) is 14.5. The first kappa shape index (κ1) is 17.6. The molecule has 0 heterocycles. The predicted octanol–water partition coefficient (Wildman–Crippen LogP) is 6.06. The lowest BCUT2D eigenvalue weighted by Crippen LogP contribution is -2.02. The highest BCUT2D eigenvalue weighted by Crippen LogP contribution is 2.37. The van der Waals surface area contributed by atoms with Crippen LogP contribution >= 0.6 is 15.9 Å². The predicted molar refractivity (Wildman–Crippen MR) is 100 cm³/mol. The van der Waals surface area contributed by atoms with Crippen LogP contribution < -0.4 is 9.47 Å². The van der Waals surface area contributed by atoms with Crippen LogP contribution in [0.1, 0.15) is 37.3 Å². The van der Waals surface area contributed by atoms with Gasteiger partial charge in [0, 0.05) is 10.4 Å². The van der Waals surface area contributed by atoms with E-state index in [1.807, 2.05) is 18.2 Å². The molecule has 0 fully saturated rings. The molecule has 0 aliphatic carbocycles. The van der Waals surface area contributed by atoms with Crippen molar-refractivity contribution < 1.29 is 9.47 Å². The van der Waals surface area contributed by atoms with Crippen molar-refractivity contribution in [3.05, 3.63) is 64.1 Å². The van der Waals surface area contributed by atoms with Crippen molar-refractivity contribution in [3.8, 4) is 11.5 Å². The second kappa shape index (κ2) is 8.21. The Morgan fingerprint density at radius 2 is 1.70 bits per heavy atom. The minimum absolute atomic E-state index is 0.319. The molecule has 2 rings (SSSR count). The Morgan fingerprint density at radius 1 is 1.04 bits per heavy atom. The highest BCUT2D eigenvalue weighted by atomic mass is 79.9. The van der Waals surface area contributed by atoms with Gasteiger partial charge in [-0.3, -0.25) is 0 Å². The number of halogens is 1. The Morgan fingerprint density at radius 3 is 2.22 bits per heavy atom. The Kier molecular flexibility index (Phi) is 6.28. The first-order chi connectivity index (χ1) is 11.1. The monoisotopic (exact) mass is 374 g/mol. The molecule has 0 spiro atoms. The third-order valence-corrected chi connectivity index (χ3v) is 4.51. The summed E-state index contributed by atoms with van der Waals surface area (Å²) in [6.07, 6.45) is 3.22. The number of allylic oxidation sites excluding steroid dienone is 2. The number of rotatable bonds is 6. The van der Waals surface area contributed by atoms with Crippen molar-refractivity contribution in [2.75, 3.05) is 14.2 Å². The molecule has 1 atom stereocenters. The van der Waals surface area contributed by atoms with E-state index in [4.69, 9.17) is 9.47 Å². The highest BCUT2D eigenvalue weighted by Gasteiger charge is 2.17. The van der Waals surface area contributed by atoms with E-state index in [1.165, 1.54) is 16.7 Å². The van der Waals surface area contributed by atoms with Gasteiger partial charge in [-0.25, -0.2) is 0 Å². The molecule has 2 aromatic rings. The zero-order valence-electron chi connectivity index (χ0n) is 14.1. The zero-order chi connectivity index (χ0) is 16.8. The third kappa shape index (κ3) is 4.17. The van der Waals surface area contributed by atoms with Crippen molar-refractivity contribution >= 4 is 21.5 Å². The summed E-state index contributed by atoms with van der Waals surface area (Å²) >= 11 is 3.58. The van der Waals surface area contributed by atoms with Crippen LogP contribution in [-0.4, -0.2) is 14.2 Å². The van der Waals surface area contributed by atoms with Crippen molar-refractivity contribution in [3.63, 3.8) is 0 Å². The van der Waals surface area contributed by atoms with Crippen LogP contribution in [0, 0.1) is 0 Å². The van der Waals surface area contributed by atoms with E-state index in [9.17, 15) is 0 Å². The van der Waals surface area contributed by atoms with Crippen LogP contribution in [0.5, 0.6) is 11.5 Å². The summed E-state index contributed by atoms with van der Waals surface area (Å²) in [5.41, 5.74) is 3.79. The summed E-state index contributed by atoms with van der Waals surface area (Å²) in [5, 5.41) is 0. The molecule has 0 bridgehead atoms. The molecule has 2 nitrogen and oxygen atoms in total. The van der Waals surface area contributed by atoms with Gasteiger partial charge < -0.3 is 9.47 Å². The minimum Gasteiger partial charge on any atom is -0.497 e. The molecule has 0 N–H and O–H groups in total. The van der Waals surface area contributed by atoms with E-state index in [1.54, 1.807) is 14.2 Å². The molecule has 122 valence electrons. The van der Waals surface area contributed by atoms with Gasteiger partial charge in [0.1, 0.15) is 11.5 Å². The SMILES string of the molecule is C/C=C(\c1ccc(OC)cc1)C(CC)c1cc(Br)cc(OC)c1. The highest BCUT2D eigenvalue weighted by molar-refractivity contribution is 9.10. The van der Waals surface area contributed by atoms with Gasteiger partial charge in [-0.15, -0.1) is 0 Å². The Balaban J connectivity index is 2.42. The van der Waals surface area contributed by atoms with Gasteiger partial charge >= 0.3 is 0 Å². The van der Waals surface area contributed by atoms with Crippen LogP contribution in [0.4, 0.5) is 0 Å². The lowest BCUT2D eigenvalue weighted by molar-refractivity contribution is 0.414. The van der Waals surface area contributed by atoms with E-state index >= 15 is 0 Å². The quantitative estimate of drug-likeness (QED) is 0.611. The maximum absolute atomic E-state index is 5.41. The molecule has 0 aliphatic heterocycles. The van der Waals surface area contributed by atoms with Crippen LogP contribution in [0.25, 0.3) is 5.57 Å². The Bertz CT molecular complexity index is 675. The molecule has 0 saturated carbocycles. The van der Waals surface area contributed by atoms with Gasteiger partial charge in [0.2, 0.25) is 0 Å². The van der Waals surface area contributed by atoms with E-state index < -0.39 is 0 Å². The number of methoxy groups -OCH3 is 2. The molecule has 0 saturated heterocycles. The zero-order valence-corrected chi connectivity index (χ0v) is 15.7. The van der Waals surface area contributed by atoms with Gasteiger partial charge in [0.25, 0.3) is 0 Å². The Hall–Kier alpha value is -1.74. The molecule has 3 heteroatoms. The minimum atomic E-state index is 0.319.